The fourth-order valence-electron chi connectivity index (χ4n) is 2.05. The minimum Gasteiger partial charge on any atom is -0.497 e. The van der Waals surface area contributed by atoms with Crippen molar-refractivity contribution < 1.29 is 14.2 Å². The molecule has 0 bridgehead atoms. The Hall–Kier alpha value is -2.07. The van der Waals surface area contributed by atoms with Crippen LogP contribution in [0.2, 0.25) is 0 Å². The molecule has 0 fully saturated rings. The van der Waals surface area contributed by atoms with Gasteiger partial charge in [-0.25, -0.2) is 4.39 Å². The minimum absolute atomic E-state index is 0.128. The van der Waals surface area contributed by atoms with E-state index in [2.05, 4.69) is 5.32 Å². The average Bonchev–Trinajstić information content (AvgIpc) is 2.47. The van der Waals surface area contributed by atoms with Gasteiger partial charge in [0.25, 0.3) is 0 Å². The van der Waals surface area contributed by atoms with Crippen LogP contribution in [0.4, 0.5) is 10.1 Å². The van der Waals surface area contributed by atoms with Crippen LogP contribution in [0.1, 0.15) is 12.5 Å². The lowest BCUT2D eigenvalue weighted by Gasteiger charge is -2.30. The van der Waals surface area contributed by atoms with Gasteiger partial charge in [-0.3, -0.25) is 0 Å². The number of methoxy groups -OCH3 is 1. The van der Waals surface area contributed by atoms with Gasteiger partial charge in [-0.1, -0.05) is 18.2 Å². The number of rotatable bonds is 5. The van der Waals surface area contributed by atoms with Crippen LogP contribution in [0, 0.1) is 5.82 Å². The van der Waals surface area contributed by atoms with Crippen LogP contribution in [-0.4, -0.2) is 18.8 Å². The fraction of sp³-hybridized carbons (Fsp3) is 0.250. The Morgan fingerprint density at radius 3 is 2.60 bits per heavy atom. The molecule has 2 rings (SSSR count). The average molecular weight is 275 g/mol. The molecule has 2 aromatic carbocycles. The summed E-state index contributed by atoms with van der Waals surface area (Å²) in [5.74, 6) is 0.393. The van der Waals surface area contributed by atoms with Crippen LogP contribution in [0.25, 0.3) is 0 Å². The monoisotopic (exact) mass is 275 g/mol. The maximum Gasteiger partial charge on any atom is 0.125 e. The summed E-state index contributed by atoms with van der Waals surface area (Å²) >= 11 is 0. The first kappa shape index (κ1) is 14.3. The lowest BCUT2D eigenvalue weighted by Crippen LogP contribution is -2.35. The topological polar surface area (TPSA) is 41.5 Å². The molecule has 0 aliphatic carbocycles. The Kier molecular flexibility index (Phi) is 4.25. The van der Waals surface area contributed by atoms with E-state index in [-0.39, 0.29) is 12.4 Å². The van der Waals surface area contributed by atoms with Crippen molar-refractivity contribution in [2.45, 2.75) is 12.5 Å². The zero-order valence-corrected chi connectivity index (χ0v) is 11.6. The van der Waals surface area contributed by atoms with Gasteiger partial charge in [0.1, 0.15) is 11.6 Å². The molecule has 0 amide bonds. The van der Waals surface area contributed by atoms with Crippen LogP contribution in [0.15, 0.2) is 48.5 Å². The lowest BCUT2D eigenvalue weighted by molar-refractivity contribution is 0.223. The zero-order valence-electron chi connectivity index (χ0n) is 11.6. The van der Waals surface area contributed by atoms with Crippen LogP contribution in [0.5, 0.6) is 5.75 Å². The molecule has 2 N–H and O–H groups in total. The molecule has 0 aliphatic rings. The van der Waals surface area contributed by atoms with Gasteiger partial charge in [-0.05, 0) is 42.8 Å². The maximum atomic E-state index is 13.2. The second kappa shape index (κ2) is 5.92. The molecule has 0 aliphatic heterocycles. The number of aliphatic hydroxyl groups excluding tert-OH is 1. The molecule has 3 nitrogen and oxygen atoms in total. The molecule has 20 heavy (non-hydrogen) atoms. The molecule has 1 unspecified atom stereocenters. The maximum absolute atomic E-state index is 13.2. The highest BCUT2D eigenvalue weighted by molar-refractivity contribution is 5.48. The molecule has 0 radical (unpaired) electrons. The largest absolute Gasteiger partial charge is 0.497 e. The highest BCUT2D eigenvalue weighted by atomic mass is 19.1. The van der Waals surface area contributed by atoms with Crippen LogP contribution in [-0.2, 0) is 5.54 Å². The molecule has 0 saturated heterocycles. The number of hydrogen-bond acceptors (Lipinski definition) is 3. The van der Waals surface area contributed by atoms with Crippen molar-refractivity contribution in [2.75, 3.05) is 19.0 Å². The summed E-state index contributed by atoms with van der Waals surface area (Å²) in [6.45, 7) is 1.73. The number of anilines is 1. The van der Waals surface area contributed by atoms with E-state index in [0.29, 0.717) is 11.4 Å². The smallest absolute Gasteiger partial charge is 0.125 e. The van der Waals surface area contributed by atoms with E-state index in [1.54, 1.807) is 19.2 Å². The second-order valence-electron chi connectivity index (χ2n) is 4.86. The number of ether oxygens (including phenoxy) is 1. The van der Waals surface area contributed by atoms with E-state index in [1.807, 2.05) is 31.2 Å². The zero-order chi connectivity index (χ0) is 14.6. The van der Waals surface area contributed by atoms with E-state index < -0.39 is 5.54 Å². The first-order chi connectivity index (χ1) is 9.57. The van der Waals surface area contributed by atoms with Gasteiger partial charge in [0.15, 0.2) is 0 Å². The Balaban J connectivity index is 2.32. The van der Waals surface area contributed by atoms with Crippen LogP contribution >= 0.6 is 0 Å². The molecule has 2 aromatic rings. The molecule has 0 spiro atoms. The molecule has 1 atom stereocenters. The van der Waals surface area contributed by atoms with Gasteiger partial charge in [-0.15, -0.1) is 0 Å². The molecule has 4 heteroatoms. The molecular weight excluding hydrogens is 257 g/mol. The molecule has 0 saturated carbocycles. The third-order valence-electron chi connectivity index (χ3n) is 3.27. The highest BCUT2D eigenvalue weighted by Crippen LogP contribution is 2.28. The SMILES string of the molecule is COc1cccc(C(C)(CO)Nc2cccc(F)c2)c1. The van der Waals surface area contributed by atoms with Crippen molar-refractivity contribution in [2.24, 2.45) is 0 Å². The first-order valence-corrected chi connectivity index (χ1v) is 6.36. The van der Waals surface area contributed by atoms with Crippen LogP contribution < -0.4 is 10.1 Å². The number of benzene rings is 2. The number of hydrogen-bond donors (Lipinski definition) is 2. The van der Waals surface area contributed by atoms with Crippen molar-refractivity contribution in [3.05, 3.63) is 59.9 Å². The van der Waals surface area contributed by atoms with Crippen LogP contribution in [0.3, 0.4) is 0 Å². The third-order valence-corrected chi connectivity index (χ3v) is 3.27. The first-order valence-electron chi connectivity index (χ1n) is 6.36. The van der Waals surface area contributed by atoms with Crippen molar-refractivity contribution in [3.8, 4) is 5.75 Å². The van der Waals surface area contributed by atoms with Gasteiger partial charge >= 0.3 is 0 Å². The standard InChI is InChI=1S/C16H18FNO2/c1-16(11-19,12-5-3-8-15(9-12)20-2)18-14-7-4-6-13(17)10-14/h3-10,18-19H,11H2,1-2H3. The highest BCUT2D eigenvalue weighted by Gasteiger charge is 2.26. The Labute approximate surface area is 118 Å². The van der Waals surface area contributed by atoms with Gasteiger partial charge < -0.3 is 15.2 Å². The summed E-state index contributed by atoms with van der Waals surface area (Å²) in [6, 6.07) is 13.6. The summed E-state index contributed by atoms with van der Waals surface area (Å²) in [7, 11) is 1.59. The third kappa shape index (κ3) is 3.08. The predicted molar refractivity (Wildman–Crippen MR) is 77.5 cm³/mol. The Morgan fingerprint density at radius 2 is 1.95 bits per heavy atom. The van der Waals surface area contributed by atoms with E-state index in [1.165, 1.54) is 12.1 Å². The molecule has 0 heterocycles. The molecular formula is C16H18FNO2. The normalized spacial score (nSPS) is 13.6. The van der Waals surface area contributed by atoms with E-state index in [4.69, 9.17) is 4.74 Å². The predicted octanol–water partition coefficient (Wildman–Crippen LogP) is 3.15. The summed E-state index contributed by atoms with van der Waals surface area (Å²) in [5.41, 5.74) is 0.760. The van der Waals surface area contributed by atoms with Gasteiger partial charge in [0, 0.05) is 5.69 Å². The summed E-state index contributed by atoms with van der Waals surface area (Å²) in [5, 5.41) is 12.9. The van der Waals surface area contributed by atoms with Crippen molar-refractivity contribution >= 4 is 5.69 Å². The van der Waals surface area contributed by atoms with E-state index >= 15 is 0 Å². The van der Waals surface area contributed by atoms with Crippen molar-refractivity contribution in [3.63, 3.8) is 0 Å². The number of nitrogens with one attached hydrogen (secondary N) is 1. The molecule has 0 aromatic heterocycles. The van der Waals surface area contributed by atoms with E-state index in [0.717, 1.165) is 5.56 Å². The quantitative estimate of drug-likeness (QED) is 0.880. The number of halogens is 1. The van der Waals surface area contributed by atoms with E-state index in [9.17, 15) is 9.50 Å². The van der Waals surface area contributed by atoms with Gasteiger partial charge in [-0.2, -0.15) is 0 Å². The fourth-order valence-corrected chi connectivity index (χ4v) is 2.05. The summed E-state index contributed by atoms with van der Waals surface area (Å²) in [4.78, 5) is 0. The summed E-state index contributed by atoms with van der Waals surface area (Å²) in [6.07, 6.45) is 0. The lowest BCUT2D eigenvalue weighted by atomic mass is 9.92. The Bertz CT molecular complexity index is 588. The second-order valence-corrected chi connectivity index (χ2v) is 4.86. The van der Waals surface area contributed by atoms with Crippen molar-refractivity contribution in [1.82, 2.24) is 0 Å². The summed E-state index contributed by atoms with van der Waals surface area (Å²) < 4.78 is 18.4. The van der Waals surface area contributed by atoms with Gasteiger partial charge in [0.2, 0.25) is 0 Å². The Morgan fingerprint density at radius 1 is 1.20 bits per heavy atom. The minimum atomic E-state index is -0.720. The number of aliphatic hydroxyl groups is 1. The molecule has 106 valence electrons. The van der Waals surface area contributed by atoms with Crippen molar-refractivity contribution in [1.29, 1.82) is 0 Å². The van der Waals surface area contributed by atoms with Gasteiger partial charge in [0.05, 0.1) is 19.3 Å².